The van der Waals surface area contributed by atoms with Crippen molar-refractivity contribution < 1.29 is 9.59 Å². The van der Waals surface area contributed by atoms with Crippen molar-refractivity contribution in [2.75, 3.05) is 14.1 Å². The van der Waals surface area contributed by atoms with Crippen LogP contribution in [0.25, 0.3) is 0 Å². The molecule has 1 N–H and O–H groups in total. The lowest BCUT2D eigenvalue weighted by molar-refractivity contribution is -0.133. The Labute approximate surface area is 89.1 Å². The number of carbonyl (C=O) groups excluding carboxylic acids is 2. The summed E-state index contributed by atoms with van der Waals surface area (Å²) in [6.07, 6.45) is -0.430. The van der Waals surface area contributed by atoms with Crippen LogP contribution in [0.5, 0.6) is 0 Å². The Kier molecular flexibility index (Phi) is 1.99. The molecule has 7 heteroatoms. The first-order valence-electron chi connectivity index (χ1n) is 4.06. The van der Waals surface area contributed by atoms with E-state index in [4.69, 9.17) is 0 Å². The van der Waals surface area contributed by atoms with Crippen LogP contribution in [0, 0.1) is 0 Å². The van der Waals surface area contributed by atoms with Crippen LogP contribution >= 0.6 is 15.9 Å². The first-order chi connectivity index (χ1) is 6.52. The van der Waals surface area contributed by atoms with Crippen molar-refractivity contribution in [2.45, 2.75) is 12.2 Å². The molecule has 2 aliphatic rings. The fraction of sp³-hybridized carbons (Fsp3) is 0.571. The molecule has 0 saturated carbocycles. The molecule has 2 rings (SSSR count). The van der Waals surface area contributed by atoms with Crippen LogP contribution < -0.4 is 5.32 Å². The van der Waals surface area contributed by atoms with E-state index in [0.717, 1.165) is 4.90 Å². The van der Waals surface area contributed by atoms with E-state index >= 15 is 0 Å². The van der Waals surface area contributed by atoms with Crippen molar-refractivity contribution >= 4 is 32.6 Å². The minimum Gasteiger partial charge on any atom is -0.349 e. The zero-order valence-electron chi connectivity index (χ0n) is 7.69. The molecule has 76 valence electrons. The predicted molar refractivity (Wildman–Crippen MR) is 53.0 cm³/mol. The first kappa shape index (κ1) is 9.45. The lowest BCUT2D eigenvalue weighted by Crippen LogP contribution is -2.63. The third-order valence-electron chi connectivity index (χ3n) is 2.40. The summed E-state index contributed by atoms with van der Waals surface area (Å²) in [6.45, 7) is 0. The molecule has 0 aliphatic carbocycles. The van der Waals surface area contributed by atoms with E-state index in [0.29, 0.717) is 4.74 Å². The number of nitrogens with one attached hydrogen (secondary N) is 1. The van der Waals surface area contributed by atoms with Crippen molar-refractivity contribution in [3.63, 3.8) is 0 Å². The molecule has 1 fully saturated rings. The third-order valence-corrected chi connectivity index (χ3v) is 2.83. The molecule has 0 aromatic carbocycles. The van der Waals surface area contributed by atoms with Crippen molar-refractivity contribution in [1.82, 2.24) is 15.1 Å². The Morgan fingerprint density at radius 3 is 2.71 bits per heavy atom. The molecular weight excluding hydrogens is 252 g/mol. The first-order valence-corrected chi connectivity index (χ1v) is 4.86. The molecule has 0 spiro atoms. The van der Waals surface area contributed by atoms with E-state index in [1.54, 1.807) is 7.05 Å². The Bertz CT molecular complexity index is 343. The smallest absolute Gasteiger partial charge is 0.328 e. The summed E-state index contributed by atoms with van der Waals surface area (Å²) in [5, 5.41) is 2.87. The summed E-state index contributed by atoms with van der Waals surface area (Å²) < 4.78 is 0.510. The highest BCUT2D eigenvalue weighted by Crippen LogP contribution is 2.21. The van der Waals surface area contributed by atoms with Crippen LogP contribution in [0.4, 0.5) is 4.79 Å². The number of hydrogen-bond donors (Lipinski definition) is 1. The fourth-order valence-corrected chi connectivity index (χ4v) is 2.04. The number of carbonyl (C=O) groups is 2. The van der Waals surface area contributed by atoms with Gasteiger partial charge in [0.2, 0.25) is 0 Å². The van der Waals surface area contributed by atoms with Gasteiger partial charge in [0, 0.05) is 14.1 Å². The second-order valence-electron chi connectivity index (χ2n) is 3.25. The average molecular weight is 261 g/mol. The normalized spacial score (nSPS) is 31.5. The zero-order chi connectivity index (χ0) is 10.5. The fourth-order valence-electron chi connectivity index (χ4n) is 1.58. The highest BCUT2D eigenvalue weighted by Gasteiger charge is 2.46. The topological polar surface area (TPSA) is 65.0 Å². The van der Waals surface area contributed by atoms with Gasteiger partial charge in [0.15, 0.2) is 10.9 Å². The van der Waals surface area contributed by atoms with Gasteiger partial charge in [0.25, 0.3) is 5.91 Å². The SMILES string of the molecule is CN1C(=O)C2NC(Br)=NC2N(C)C1=O. The maximum Gasteiger partial charge on any atom is 0.328 e. The third kappa shape index (κ3) is 1.12. The van der Waals surface area contributed by atoms with Gasteiger partial charge in [-0.15, -0.1) is 0 Å². The predicted octanol–water partition coefficient (Wildman–Crippen LogP) is -0.441. The number of aliphatic imine (C=N–C) groups is 1. The molecule has 2 heterocycles. The van der Waals surface area contributed by atoms with E-state index in [1.807, 2.05) is 0 Å². The molecule has 3 amide bonds. The van der Waals surface area contributed by atoms with Crippen LogP contribution in [0.3, 0.4) is 0 Å². The Hall–Kier alpha value is -1.11. The van der Waals surface area contributed by atoms with Crippen molar-refractivity contribution in [1.29, 1.82) is 0 Å². The summed E-state index contributed by atoms with van der Waals surface area (Å²) >= 11 is 3.15. The Balaban J connectivity index is 2.34. The molecule has 2 unspecified atom stereocenters. The number of urea groups is 1. The average Bonchev–Trinajstić information content (AvgIpc) is 2.54. The zero-order valence-corrected chi connectivity index (χ0v) is 9.28. The number of imide groups is 1. The van der Waals surface area contributed by atoms with E-state index in [9.17, 15) is 9.59 Å². The lowest BCUT2D eigenvalue weighted by Gasteiger charge is -2.36. The maximum absolute atomic E-state index is 11.6. The molecule has 0 bridgehead atoms. The number of fused-ring (bicyclic) bond motifs is 1. The van der Waals surface area contributed by atoms with E-state index in [-0.39, 0.29) is 11.9 Å². The number of nitrogens with zero attached hydrogens (tertiary/aromatic N) is 3. The van der Waals surface area contributed by atoms with Crippen molar-refractivity contribution in [2.24, 2.45) is 4.99 Å². The molecule has 1 saturated heterocycles. The number of amidine groups is 1. The molecule has 0 aromatic heterocycles. The number of rotatable bonds is 0. The Morgan fingerprint density at radius 2 is 2.07 bits per heavy atom. The van der Waals surface area contributed by atoms with Gasteiger partial charge in [-0.05, 0) is 15.9 Å². The molecule has 6 nitrogen and oxygen atoms in total. The van der Waals surface area contributed by atoms with Gasteiger partial charge in [-0.2, -0.15) is 0 Å². The lowest BCUT2D eigenvalue weighted by atomic mass is 10.1. The number of hydrogen-bond acceptors (Lipinski definition) is 4. The quantitative estimate of drug-likeness (QED) is 0.601. The van der Waals surface area contributed by atoms with Crippen LogP contribution in [-0.2, 0) is 4.79 Å². The van der Waals surface area contributed by atoms with Crippen LogP contribution in [0.1, 0.15) is 0 Å². The molecule has 2 aliphatic heterocycles. The van der Waals surface area contributed by atoms with Crippen LogP contribution in [0.15, 0.2) is 4.99 Å². The monoisotopic (exact) mass is 260 g/mol. The van der Waals surface area contributed by atoms with Gasteiger partial charge in [0.1, 0.15) is 6.04 Å². The highest BCUT2D eigenvalue weighted by atomic mass is 79.9. The summed E-state index contributed by atoms with van der Waals surface area (Å²) in [4.78, 5) is 29.8. The molecule has 2 atom stereocenters. The van der Waals surface area contributed by atoms with E-state index < -0.39 is 12.2 Å². The minimum absolute atomic E-state index is 0.253. The van der Waals surface area contributed by atoms with E-state index in [2.05, 4.69) is 26.2 Å². The Morgan fingerprint density at radius 1 is 1.43 bits per heavy atom. The summed E-state index contributed by atoms with van der Waals surface area (Å²) in [5.74, 6) is -0.253. The van der Waals surface area contributed by atoms with Gasteiger partial charge < -0.3 is 10.2 Å². The van der Waals surface area contributed by atoms with E-state index in [1.165, 1.54) is 11.9 Å². The van der Waals surface area contributed by atoms with Gasteiger partial charge in [-0.25, -0.2) is 9.79 Å². The summed E-state index contributed by atoms with van der Waals surface area (Å²) in [7, 11) is 3.09. The maximum atomic E-state index is 11.6. The van der Waals surface area contributed by atoms with Crippen molar-refractivity contribution in [3.05, 3.63) is 0 Å². The second kappa shape index (κ2) is 2.94. The molecule has 14 heavy (non-hydrogen) atoms. The number of likely N-dealkylation sites (N-methyl/N-ethyl adjacent to an activating group) is 2. The highest BCUT2D eigenvalue weighted by molar-refractivity contribution is 9.18. The minimum atomic E-state index is -0.461. The largest absolute Gasteiger partial charge is 0.349 e. The van der Waals surface area contributed by atoms with Gasteiger partial charge in [-0.1, -0.05) is 0 Å². The number of halogens is 1. The van der Waals surface area contributed by atoms with Gasteiger partial charge >= 0.3 is 6.03 Å². The molecular formula is C7H9BrN4O2. The standard InChI is InChI=1S/C7H9BrN4O2/c1-11-4-3(9-6(8)10-4)5(13)12(2)7(11)14/h3-4H,1-2H3,(H,9,10). The number of amides is 3. The summed E-state index contributed by atoms with van der Waals surface area (Å²) in [6, 6.07) is -0.791. The van der Waals surface area contributed by atoms with Gasteiger partial charge in [-0.3, -0.25) is 9.69 Å². The molecule has 0 aromatic rings. The second-order valence-corrected chi connectivity index (χ2v) is 4.00. The van der Waals surface area contributed by atoms with Crippen LogP contribution in [0.2, 0.25) is 0 Å². The van der Waals surface area contributed by atoms with Gasteiger partial charge in [0.05, 0.1) is 0 Å². The van der Waals surface area contributed by atoms with Crippen molar-refractivity contribution in [3.8, 4) is 0 Å². The summed E-state index contributed by atoms with van der Waals surface area (Å²) in [5.41, 5.74) is 0. The van der Waals surface area contributed by atoms with Crippen LogP contribution in [-0.4, -0.2) is 52.8 Å². The molecule has 0 radical (unpaired) electrons.